The molecule has 0 spiro atoms. The number of hydrogen-bond donors (Lipinski definition) is 1. The van der Waals surface area contributed by atoms with Gasteiger partial charge in [-0.25, -0.2) is 4.39 Å². The number of hydrogen-bond acceptors (Lipinski definition) is 2. The Bertz CT molecular complexity index is 320. The van der Waals surface area contributed by atoms with E-state index in [4.69, 9.17) is 5.73 Å². The lowest BCUT2D eigenvalue weighted by atomic mass is 10.0. The van der Waals surface area contributed by atoms with Crippen molar-refractivity contribution < 1.29 is 4.39 Å². The first-order chi connectivity index (χ1) is 6.40. The fourth-order valence-corrected chi connectivity index (χ4v) is 2.00. The highest BCUT2D eigenvalue weighted by atomic mass is 79.9. The van der Waals surface area contributed by atoms with Gasteiger partial charge in [0.05, 0.1) is 16.4 Å². The largest absolute Gasteiger partial charge is 0.327 e. The zero-order valence-electron chi connectivity index (χ0n) is 8.59. The molecule has 0 saturated heterocycles. The molecule has 1 aromatic rings. The molecular formula is C9H15BrFN3. The molecular weight excluding hydrogens is 249 g/mol. The molecule has 0 bridgehead atoms. The van der Waals surface area contributed by atoms with Crippen molar-refractivity contribution in [2.75, 3.05) is 6.54 Å². The van der Waals surface area contributed by atoms with Crippen LogP contribution in [-0.2, 0) is 5.67 Å². The summed E-state index contributed by atoms with van der Waals surface area (Å²) in [7, 11) is 0. The minimum atomic E-state index is -1.54. The van der Waals surface area contributed by atoms with Crippen LogP contribution in [0.2, 0.25) is 0 Å². The van der Waals surface area contributed by atoms with Crippen molar-refractivity contribution in [2.24, 2.45) is 5.73 Å². The van der Waals surface area contributed by atoms with E-state index < -0.39 is 5.67 Å². The predicted octanol–water partition coefficient (Wildman–Crippen LogP) is 2.37. The summed E-state index contributed by atoms with van der Waals surface area (Å²) < 4.78 is 16.4. The predicted molar refractivity (Wildman–Crippen MR) is 57.8 cm³/mol. The zero-order chi connectivity index (χ0) is 10.9. The second-order valence-electron chi connectivity index (χ2n) is 3.78. The van der Waals surface area contributed by atoms with Crippen LogP contribution < -0.4 is 5.73 Å². The van der Waals surface area contributed by atoms with E-state index in [-0.39, 0.29) is 12.6 Å². The van der Waals surface area contributed by atoms with Crippen molar-refractivity contribution in [3.8, 4) is 0 Å². The number of aromatic nitrogens is 2. The Kier molecular flexibility index (Phi) is 3.32. The maximum atomic E-state index is 14.1. The van der Waals surface area contributed by atoms with Crippen molar-refractivity contribution >= 4 is 15.9 Å². The maximum absolute atomic E-state index is 14.1. The van der Waals surface area contributed by atoms with Crippen LogP contribution in [0.15, 0.2) is 10.7 Å². The molecule has 14 heavy (non-hydrogen) atoms. The van der Waals surface area contributed by atoms with Gasteiger partial charge in [-0.05, 0) is 36.7 Å². The number of halogens is 2. The Morgan fingerprint density at radius 3 is 2.71 bits per heavy atom. The molecule has 0 saturated carbocycles. The van der Waals surface area contributed by atoms with Crippen molar-refractivity contribution in [1.29, 1.82) is 0 Å². The van der Waals surface area contributed by atoms with Crippen molar-refractivity contribution in [2.45, 2.75) is 32.5 Å². The SMILES string of the molecule is CC(C)n1ncc(Br)c1C(C)(F)CN. The van der Waals surface area contributed by atoms with E-state index in [1.165, 1.54) is 6.92 Å². The second-order valence-corrected chi connectivity index (χ2v) is 4.64. The first-order valence-corrected chi connectivity index (χ1v) is 5.32. The summed E-state index contributed by atoms with van der Waals surface area (Å²) in [5.74, 6) is 0. The van der Waals surface area contributed by atoms with Crippen molar-refractivity contribution in [1.82, 2.24) is 9.78 Å². The van der Waals surface area contributed by atoms with Crippen LogP contribution in [0, 0.1) is 0 Å². The highest BCUT2D eigenvalue weighted by Gasteiger charge is 2.31. The molecule has 1 heterocycles. The van der Waals surface area contributed by atoms with E-state index in [2.05, 4.69) is 21.0 Å². The van der Waals surface area contributed by atoms with Crippen LogP contribution in [0.1, 0.15) is 32.5 Å². The highest BCUT2D eigenvalue weighted by Crippen LogP contribution is 2.32. The maximum Gasteiger partial charge on any atom is 0.162 e. The van der Waals surface area contributed by atoms with Crippen LogP contribution in [0.25, 0.3) is 0 Å². The normalized spacial score (nSPS) is 15.9. The molecule has 0 amide bonds. The third-order valence-corrected chi connectivity index (χ3v) is 2.70. The van der Waals surface area contributed by atoms with Crippen LogP contribution in [-0.4, -0.2) is 16.3 Å². The van der Waals surface area contributed by atoms with Gasteiger partial charge in [0.15, 0.2) is 5.67 Å². The average molecular weight is 264 g/mol. The van der Waals surface area contributed by atoms with Gasteiger partial charge in [0.2, 0.25) is 0 Å². The van der Waals surface area contributed by atoms with E-state index >= 15 is 0 Å². The first kappa shape index (κ1) is 11.7. The van der Waals surface area contributed by atoms with Gasteiger partial charge in [0, 0.05) is 12.6 Å². The summed E-state index contributed by atoms with van der Waals surface area (Å²) in [5, 5.41) is 4.10. The molecule has 0 aromatic carbocycles. The van der Waals surface area contributed by atoms with Gasteiger partial charge in [0.25, 0.3) is 0 Å². The Labute approximate surface area is 91.6 Å². The lowest BCUT2D eigenvalue weighted by Gasteiger charge is -2.22. The summed E-state index contributed by atoms with van der Waals surface area (Å²) >= 11 is 3.28. The van der Waals surface area contributed by atoms with Gasteiger partial charge in [-0.15, -0.1) is 0 Å². The minimum Gasteiger partial charge on any atom is -0.327 e. The lowest BCUT2D eigenvalue weighted by molar-refractivity contribution is 0.182. The lowest BCUT2D eigenvalue weighted by Crippen LogP contribution is -2.30. The molecule has 80 valence electrons. The van der Waals surface area contributed by atoms with E-state index in [9.17, 15) is 4.39 Å². The van der Waals surface area contributed by atoms with Crippen LogP contribution in [0.3, 0.4) is 0 Å². The third kappa shape index (κ3) is 1.98. The van der Waals surface area contributed by atoms with Gasteiger partial charge >= 0.3 is 0 Å². The second kappa shape index (κ2) is 3.98. The molecule has 0 aliphatic carbocycles. The Morgan fingerprint density at radius 2 is 2.29 bits per heavy atom. The molecule has 0 aliphatic heterocycles. The zero-order valence-corrected chi connectivity index (χ0v) is 10.2. The summed E-state index contributed by atoms with van der Waals surface area (Å²) in [6.45, 7) is 5.32. The molecule has 1 atom stereocenters. The number of nitrogens with two attached hydrogens (primary N) is 1. The molecule has 0 aliphatic rings. The summed E-state index contributed by atoms with van der Waals surface area (Å²) in [5.41, 5.74) is 4.37. The molecule has 0 radical (unpaired) electrons. The monoisotopic (exact) mass is 263 g/mol. The van der Waals surface area contributed by atoms with Gasteiger partial charge in [-0.3, -0.25) is 4.68 Å². The van der Waals surface area contributed by atoms with Crippen molar-refractivity contribution in [3.05, 3.63) is 16.4 Å². The van der Waals surface area contributed by atoms with E-state index in [0.717, 1.165) is 0 Å². The van der Waals surface area contributed by atoms with Crippen molar-refractivity contribution in [3.63, 3.8) is 0 Å². The van der Waals surface area contributed by atoms with Gasteiger partial charge < -0.3 is 5.73 Å². The number of rotatable bonds is 3. The fraction of sp³-hybridized carbons (Fsp3) is 0.667. The number of nitrogens with zero attached hydrogens (tertiary/aromatic N) is 2. The minimum absolute atomic E-state index is 0.0516. The smallest absolute Gasteiger partial charge is 0.162 e. The highest BCUT2D eigenvalue weighted by molar-refractivity contribution is 9.10. The molecule has 1 unspecified atom stereocenters. The first-order valence-electron chi connectivity index (χ1n) is 4.52. The average Bonchev–Trinajstić information content (AvgIpc) is 2.47. The van der Waals surface area contributed by atoms with E-state index in [0.29, 0.717) is 10.2 Å². The standard InChI is InChI=1S/C9H15BrFN3/c1-6(2)14-8(7(10)4-13-14)9(3,11)5-12/h4,6H,5,12H2,1-3H3. The molecule has 5 heteroatoms. The van der Waals surface area contributed by atoms with Gasteiger partial charge in [-0.2, -0.15) is 5.10 Å². The summed E-state index contributed by atoms with van der Waals surface area (Å²) in [6, 6.07) is 0.123. The molecule has 2 N–H and O–H groups in total. The van der Waals surface area contributed by atoms with E-state index in [1.807, 2.05) is 13.8 Å². The third-order valence-electron chi connectivity index (χ3n) is 2.12. The van der Waals surface area contributed by atoms with Crippen LogP contribution in [0.4, 0.5) is 4.39 Å². The molecule has 3 nitrogen and oxygen atoms in total. The fourth-order valence-electron chi connectivity index (χ4n) is 1.32. The Morgan fingerprint density at radius 1 is 1.71 bits per heavy atom. The van der Waals surface area contributed by atoms with E-state index in [1.54, 1.807) is 10.9 Å². The summed E-state index contributed by atoms with van der Waals surface area (Å²) in [4.78, 5) is 0. The van der Waals surface area contributed by atoms with Crippen LogP contribution in [0.5, 0.6) is 0 Å². The van der Waals surface area contributed by atoms with Gasteiger partial charge in [0.1, 0.15) is 0 Å². The van der Waals surface area contributed by atoms with Gasteiger partial charge in [-0.1, -0.05) is 0 Å². The van der Waals surface area contributed by atoms with Crippen LogP contribution >= 0.6 is 15.9 Å². The Hall–Kier alpha value is -0.420. The topological polar surface area (TPSA) is 43.8 Å². The summed E-state index contributed by atoms with van der Waals surface area (Å²) in [6.07, 6.45) is 1.60. The number of alkyl halides is 1. The molecule has 1 rings (SSSR count). The quantitative estimate of drug-likeness (QED) is 0.910. The Balaban J connectivity index is 3.24. The molecule has 0 fully saturated rings. The molecule has 1 aromatic heterocycles.